The van der Waals surface area contributed by atoms with Gasteiger partial charge in [0.15, 0.2) is 5.60 Å². The fourth-order valence-corrected chi connectivity index (χ4v) is 0.535. The van der Waals surface area contributed by atoms with Crippen molar-refractivity contribution >= 4 is 14.8 Å². The molecule has 4 nitrogen and oxygen atoms in total. The molecule has 0 aromatic rings. The summed E-state index contributed by atoms with van der Waals surface area (Å²) in [6, 6.07) is 0. The fraction of sp³-hybridized carbons (Fsp3) is 0.571. The molecular formula is C7H10LiO4P. The van der Waals surface area contributed by atoms with Crippen LogP contribution in [0.3, 0.4) is 0 Å². The van der Waals surface area contributed by atoms with E-state index in [1.807, 2.05) is 0 Å². The molecule has 0 N–H and O–H groups in total. The van der Waals surface area contributed by atoms with E-state index >= 15 is 0 Å². The Hall–Kier alpha value is -0.473. The molecular weight excluding hydrogens is 186 g/mol. The van der Waals surface area contributed by atoms with Crippen LogP contribution in [-0.4, -0.2) is 11.8 Å². The molecule has 0 spiro atoms. The molecule has 6 heteroatoms. The van der Waals surface area contributed by atoms with Crippen molar-refractivity contribution in [1.29, 1.82) is 0 Å². The predicted molar refractivity (Wildman–Crippen MR) is 43.8 cm³/mol. The summed E-state index contributed by atoms with van der Waals surface area (Å²) < 4.78 is 18.5. The Morgan fingerprint density at radius 2 is 2.31 bits per heavy atom. The molecule has 68 valence electrons. The quantitative estimate of drug-likeness (QED) is 0.258. The third-order valence-electron chi connectivity index (χ3n) is 1.40. The van der Waals surface area contributed by atoms with Crippen LogP contribution in [0.25, 0.3) is 0 Å². The monoisotopic (exact) mass is 196 g/mol. The van der Waals surface area contributed by atoms with Crippen LogP contribution in [-0.2, 0) is 13.8 Å². The first-order chi connectivity index (χ1) is 5.58. The molecule has 0 aliphatic carbocycles. The zero-order valence-corrected chi connectivity index (χ0v) is 8.76. The van der Waals surface area contributed by atoms with Gasteiger partial charge in [-0.3, -0.25) is 0 Å². The van der Waals surface area contributed by atoms with Crippen molar-refractivity contribution in [2.24, 2.45) is 0 Å². The third kappa shape index (κ3) is 5.72. The number of hydrogen-bond donors (Lipinski definition) is 0. The summed E-state index contributed by atoms with van der Waals surface area (Å²) in [5.41, 5.74) is -0.984. The molecule has 0 saturated heterocycles. The van der Waals surface area contributed by atoms with Crippen molar-refractivity contribution < 1.29 is 38.9 Å². The van der Waals surface area contributed by atoms with Gasteiger partial charge in [-0.1, -0.05) is 12.8 Å². The van der Waals surface area contributed by atoms with E-state index in [1.165, 1.54) is 0 Å². The van der Waals surface area contributed by atoms with E-state index in [0.29, 0.717) is 6.42 Å². The van der Waals surface area contributed by atoms with Gasteiger partial charge >= 0.3 is 33.7 Å². The van der Waals surface area contributed by atoms with Crippen molar-refractivity contribution in [1.82, 2.24) is 0 Å². The molecule has 0 aliphatic rings. The first-order valence-electron chi connectivity index (χ1n) is 3.28. The molecule has 0 aromatic carbocycles. The van der Waals surface area contributed by atoms with Gasteiger partial charge in [-0.15, -0.1) is 6.42 Å². The second kappa shape index (κ2) is 6.98. The van der Waals surface area contributed by atoms with Crippen LogP contribution >= 0.6 is 8.69 Å². The third-order valence-corrected chi connectivity index (χ3v) is 1.62. The predicted octanol–water partition coefficient (Wildman–Crippen LogP) is -0.735. The SMILES string of the molecule is C#CC(C)(CC)OC(=O)OP=O.[H-].[Li+]. The maximum absolute atomic E-state index is 10.6. The number of carbonyl (C=O) groups is 1. The van der Waals surface area contributed by atoms with Gasteiger partial charge in [0.2, 0.25) is 0 Å². The minimum absolute atomic E-state index is 0. The van der Waals surface area contributed by atoms with Crippen LogP contribution in [0.15, 0.2) is 0 Å². The van der Waals surface area contributed by atoms with Crippen LogP contribution in [0.4, 0.5) is 4.79 Å². The van der Waals surface area contributed by atoms with E-state index < -0.39 is 20.4 Å². The summed E-state index contributed by atoms with van der Waals surface area (Å²) >= 11 is 0. The topological polar surface area (TPSA) is 52.6 Å². The van der Waals surface area contributed by atoms with Crippen LogP contribution in [0.2, 0.25) is 0 Å². The Morgan fingerprint density at radius 3 is 2.62 bits per heavy atom. The summed E-state index contributed by atoms with van der Waals surface area (Å²) in [6.07, 6.45) is 4.53. The van der Waals surface area contributed by atoms with E-state index in [1.54, 1.807) is 13.8 Å². The maximum Gasteiger partial charge on any atom is 1.00 e. The second-order valence-electron chi connectivity index (χ2n) is 2.25. The first kappa shape index (κ1) is 15.0. The average Bonchev–Trinajstić information content (AvgIpc) is 2.05. The van der Waals surface area contributed by atoms with Gasteiger partial charge in [0.1, 0.15) is 0 Å². The Labute approximate surface area is 92.3 Å². The van der Waals surface area contributed by atoms with Crippen LogP contribution in [0.1, 0.15) is 21.7 Å². The number of ether oxygens (including phenoxy) is 1. The van der Waals surface area contributed by atoms with Gasteiger partial charge in [-0.05, 0) is 13.3 Å². The van der Waals surface area contributed by atoms with E-state index in [2.05, 4.69) is 15.2 Å². The van der Waals surface area contributed by atoms with E-state index in [4.69, 9.17) is 6.42 Å². The van der Waals surface area contributed by atoms with Gasteiger partial charge in [-0.2, -0.15) is 0 Å². The first-order valence-corrected chi connectivity index (χ1v) is 4.01. The molecule has 0 heterocycles. The number of terminal acetylenes is 1. The standard InChI is InChI=1S/C7H9O4P.Li.H/c1-4-7(3,5-2)10-6(8)11-12-9;;/h1H,5H2,2-3H3;;/q;+1;-1. The van der Waals surface area contributed by atoms with Crippen molar-refractivity contribution in [3.8, 4) is 12.3 Å². The van der Waals surface area contributed by atoms with Crippen LogP contribution in [0, 0.1) is 12.3 Å². The van der Waals surface area contributed by atoms with E-state index in [0.717, 1.165) is 0 Å². The van der Waals surface area contributed by atoms with Gasteiger partial charge in [0.25, 0.3) is 0 Å². The van der Waals surface area contributed by atoms with Gasteiger partial charge in [0.05, 0.1) is 0 Å². The molecule has 0 aromatic heterocycles. The molecule has 1 atom stereocenters. The zero-order valence-electron chi connectivity index (χ0n) is 8.86. The molecule has 0 rings (SSSR count). The minimum Gasteiger partial charge on any atom is -1.00 e. The van der Waals surface area contributed by atoms with Crippen molar-refractivity contribution in [3.63, 3.8) is 0 Å². The Kier molecular flexibility index (Phi) is 8.07. The Morgan fingerprint density at radius 1 is 1.77 bits per heavy atom. The molecule has 0 aliphatic heterocycles. The van der Waals surface area contributed by atoms with Crippen molar-refractivity contribution in [2.45, 2.75) is 25.9 Å². The van der Waals surface area contributed by atoms with E-state index in [-0.39, 0.29) is 20.3 Å². The smallest absolute Gasteiger partial charge is 1.00 e. The summed E-state index contributed by atoms with van der Waals surface area (Å²) in [5, 5.41) is 0. The fourth-order valence-electron chi connectivity index (χ4n) is 0.437. The Balaban J connectivity index is -0.000000605. The molecule has 0 amide bonds. The second-order valence-corrected chi connectivity index (χ2v) is 2.58. The molecule has 0 bridgehead atoms. The average molecular weight is 196 g/mol. The Bertz CT molecular complexity index is 230. The van der Waals surface area contributed by atoms with Gasteiger partial charge in [-0.25, -0.2) is 9.36 Å². The summed E-state index contributed by atoms with van der Waals surface area (Å²) in [4.78, 5) is 10.6. The van der Waals surface area contributed by atoms with Crippen LogP contribution in [0.5, 0.6) is 0 Å². The number of rotatable bonds is 3. The summed E-state index contributed by atoms with van der Waals surface area (Å²) in [7, 11) is -0.744. The largest absolute Gasteiger partial charge is 1.00 e. The van der Waals surface area contributed by atoms with Gasteiger partial charge < -0.3 is 10.7 Å². The summed E-state index contributed by atoms with van der Waals surface area (Å²) in [6.45, 7) is 3.33. The molecule has 13 heavy (non-hydrogen) atoms. The molecule has 0 fully saturated rings. The maximum atomic E-state index is 10.6. The van der Waals surface area contributed by atoms with Crippen LogP contribution < -0.4 is 18.9 Å². The normalized spacial score (nSPS) is 13.3. The minimum atomic E-state index is -1.03. The molecule has 0 saturated carbocycles. The van der Waals surface area contributed by atoms with Gasteiger partial charge in [0, 0.05) is 0 Å². The number of carbonyl (C=O) groups excluding carboxylic acids is 1. The number of hydrogen-bond acceptors (Lipinski definition) is 4. The van der Waals surface area contributed by atoms with Crippen molar-refractivity contribution in [3.05, 3.63) is 0 Å². The molecule has 1 unspecified atom stereocenters. The summed E-state index contributed by atoms with van der Waals surface area (Å²) in [5.74, 6) is 2.29. The molecule has 0 radical (unpaired) electrons. The van der Waals surface area contributed by atoms with Crippen molar-refractivity contribution in [2.75, 3.05) is 0 Å². The zero-order chi connectivity index (χ0) is 9.61. The van der Waals surface area contributed by atoms with E-state index in [9.17, 15) is 9.36 Å².